The van der Waals surface area contributed by atoms with Crippen molar-refractivity contribution in [2.45, 2.75) is 44.5 Å². The monoisotopic (exact) mass is 261 g/mol. The molecule has 0 fully saturated rings. The smallest absolute Gasteiger partial charge is 0.145 e. The van der Waals surface area contributed by atoms with Crippen molar-refractivity contribution in [1.29, 1.82) is 0 Å². The molecule has 0 spiro atoms. The highest BCUT2D eigenvalue weighted by atomic mass is 79.9. The molecule has 1 N–H and O–H groups in total. The predicted molar refractivity (Wildman–Crippen MR) is 64.9 cm³/mol. The van der Waals surface area contributed by atoms with Crippen LogP contribution < -0.4 is 5.32 Å². The van der Waals surface area contributed by atoms with Crippen LogP contribution in [0.25, 0.3) is 0 Å². The third-order valence-corrected chi connectivity index (χ3v) is 1.93. The van der Waals surface area contributed by atoms with Gasteiger partial charge < -0.3 is 5.32 Å². The van der Waals surface area contributed by atoms with E-state index < -0.39 is 0 Å². The van der Waals surface area contributed by atoms with Crippen LogP contribution in [0.3, 0.4) is 0 Å². The zero-order valence-corrected chi connectivity index (χ0v) is 11.0. The summed E-state index contributed by atoms with van der Waals surface area (Å²) in [7, 11) is 0. The first-order chi connectivity index (χ1) is 6.35. The molecule has 82 valence electrons. The van der Waals surface area contributed by atoms with Gasteiger partial charge in [0.05, 0.1) is 0 Å². The number of hydrogen-bond donors (Lipinski definition) is 1. The summed E-state index contributed by atoms with van der Waals surface area (Å²) in [4.78, 5) is 10.9. The van der Waals surface area contributed by atoms with Gasteiger partial charge in [0.1, 0.15) is 6.29 Å². The van der Waals surface area contributed by atoms with Crippen LogP contribution in [0.1, 0.15) is 34.1 Å². The molecule has 3 heteroatoms. The van der Waals surface area contributed by atoms with E-state index in [2.05, 4.69) is 42.0 Å². The maximum absolute atomic E-state index is 10.7. The van der Waals surface area contributed by atoms with Crippen LogP contribution in [-0.2, 0) is 4.79 Å². The Hall–Kier alpha value is -0.150. The standard InChI is InChI=1S/C11H20BrNO/c1-9(12)7-10(8-14)5-6-13-11(2,3)4/h7-9,13H,5-6H2,1-4H3/b10-7+/t9-/m1/s1. The highest BCUT2D eigenvalue weighted by Gasteiger charge is 2.08. The fraction of sp³-hybridized carbons (Fsp3) is 0.727. The molecule has 2 nitrogen and oxygen atoms in total. The maximum Gasteiger partial charge on any atom is 0.145 e. The number of halogens is 1. The van der Waals surface area contributed by atoms with E-state index in [9.17, 15) is 4.79 Å². The molecule has 0 aromatic carbocycles. The minimum atomic E-state index is 0.119. The summed E-state index contributed by atoms with van der Waals surface area (Å²) < 4.78 is 0. The highest BCUT2D eigenvalue weighted by molar-refractivity contribution is 9.09. The van der Waals surface area contributed by atoms with Gasteiger partial charge in [0.2, 0.25) is 0 Å². The van der Waals surface area contributed by atoms with E-state index in [1.54, 1.807) is 0 Å². The number of alkyl halides is 1. The molecule has 0 rings (SSSR count). The lowest BCUT2D eigenvalue weighted by Crippen LogP contribution is -2.36. The Morgan fingerprint density at radius 3 is 2.43 bits per heavy atom. The molecular weight excluding hydrogens is 242 g/mol. The number of nitrogens with one attached hydrogen (secondary N) is 1. The van der Waals surface area contributed by atoms with Crippen molar-refractivity contribution in [1.82, 2.24) is 5.32 Å². The van der Waals surface area contributed by atoms with Crippen LogP contribution in [0, 0.1) is 0 Å². The zero-order valence-electron chi connectivity index (χ0n) is 9.43. The molecule has 1 atom stereocenters. The third kappa shape index (κ3) is 8.45. The van der Waals surface area contributed by atoms with Gasteiger partial charge in [-0.3, -0.25) is 4.79 Å². The van der Waals surface area contributed by atoms with Crippen molar-refractivity contribution in [3.63, 3.8) is 0 Å². The third-order valence-electron chi connectivity index (χ3n) is 1.66. The first-order valence-corrected chi connectivity index (χ1v) is 5.81. The van der Waals surface area contributed by atoms with Crippen molar-refractivity contribution in [3.05, 3.63) is 11.6 Å². The van der Waals surface area contributed by atoms with Gasteiger partial charge in [0.25, 0.3) is 0 Å². The summed E-state index contributed by atoms with van der Waals surface area (Å²) in [6.45, 7) is 9.19. The van der Waals surface area contributed by atoms with E-state index in [1.165, 1.54) is 0 Å². The van der Waals surface area contributed by atoms with Gasteiger partial charge in [-0.1, -0.05) is 22.0 Å². The average molecular weight is 262 g/mol. The van der Waals surface area contributed by atoms with Gasteiger partial charge in [0, 0.05) is 10.4 Å². The lowest BCUT2D eigenvalue weighted by atomic mass is 10.1. The van der Waals surface area contributed by atoms with Crippen LogP contribution in [0.5, 0.6) is 0 Å². The van der Waals surface area contributed by atoms with Crippen LogP contribution in [0.4, 0.5) is 0 Å². The molecule has 0 saturated carbocycles. The van der Waals surface area contributed by atoms with E-state index in [0.717, 1.165) is 24.8 Å². The van der Waals surface area contributed by atoms with Gasteiger partial charge in [-0.2, -0.15) is 0 Å². The fourth-order valence-corrected chi connectivity index (χ4v) is 1.40. The number of allylic oxidation sites excluding steroid dienone is 1. The lowest BCUT2D eigenvalue weighted by Gasteiger charge is -2.20. The Balaban J connectivity index is 3.92. The predicted octanol–water partition coefficient (Wildman–Crippen LogP) is 2.67. The van der Waals surface area contributed by atoms with Gasteiger partial charge in [-0.15, -0.1) is 0 Å². The average Bonchev–Trinajstić information content (AvgIpc) is 1.99. The first-order valence-electron chi connectivity index (χ1n) is 4.90. The number of aldehydes is 1. The van der Waals surface area contributed by atoms with Gasteiger partial charge in [-0.25, -0.2) is 0 Å². The number of hydrogen-bond acceptors (Lipinski definition) is 2. The minimum absolute atomic E-state index is 0.119. The summed E-state index contributed by atoms with van der Waals surface area (Å²) in [6.07, 6.45) is 3.66. The molecule has 0 heterocycles. The van der Waals surface area contributed by atoms with E-state index in [4.69, 9.17) is 0 Å². The van der Waals surface area contributed by atoms with E-state index in [1.807, 2.05) is 13.0 Å². The van der Waals surface area contributed by atoms with Crippen molar-refractivity contribution in [2.75, 3.05) is 6.54 Å². The second kappa shape index (κ2) is 6.36. The molecule has 0 aliphatic carbocycles. The van der Waals surface area contributed by atoms with E-state index in [-0.39, 0.29) is 10.4 Å². The quantitative estimate of drug-likeness (QED) is 0.469. The fourth-order valence-electron chi connectivity index (χ4n) is 1.06. The number of carbonyl (C=O) groups excluding carboxylic acids is 1. The molecule has 0 bridgehead atoms. The molecule has 0 aromatic heterocycles. The van der Waals surface area contributed by atoms with Gasteiger partial charge >= 0.3 is 0 Å². The Bertz CT molecular complexity index is 204. The summed E-state index contributed by atoms with van der Waals surface area (Å²) in [6, 6.07) is 0. The normalized spacial score (nSPS) is 15.4. The van der Waals surface area contributed by atoms with Crippen molar-refractivity contribution in [2.24, 2.45) is 0 Å². The van der Waals surface area contributed by atoms with Crippen LogP contribution in [0.15, 0.2) is 11.6 Å². The molecule has 0 radical (unpaired) electrons. The Morgan fingerprint density at radius 1 is 1.50 bits per heavy atom. The summed E-state index contributed by atoms with van der Waals surface area (Å²) in [5.41, 5.74) is 0.972. The highest BCUT2D eigenvalue weighted by Crippen LogP contribution is 2.06. The molecule has 0 amide bonds. The first kappa shape index (κ1) is 13.8. The Morgan fingerprint density at radius 2 is 2.07 bits per heavy atom. The van der Waals surface area contributed by atoms with E-state index in [0.29, 0.717) is 0 Å². The van der Waals surface area contributed by atoms with Gasteiger partial charge in [-0.05, 0) is 46.2 Å². The number of rotatable bonds is 5. The SMILES string of the molecule is C[C@@H](Br)/C=C(/C=O)CCNC(C)(C)C. The van der Waals surface area contributed by atoms with Crippen LogP contribution in [0.2, 0.25) is 0 Å². The second-order valence-corrected chi connectivity index (χ2v) is 5.91. The van der Waals surface area contributed by atoms with E-state index >= 15 is 0 Å². The topological polar surface area (TPSA) is 29.1 Å². The molecule has 0 saturated heterocycles. The summed E-state index contributed by atoms with van der Waals surface area (Å²) >= 11 is 3.39. The number of carbonyl (C=O) groups is 1. The van der Waals surface area contributed by atoms with Crippen LogP contribution >= 0.6 is 15.9 Å². The molecule has 0 aromatic rings. The van der Waals surface area contributed by atoms with Crippen LogP contribution in [-0.4, -0.2) is 23.2 Å². The second-order valence-electron chi connectivity index (χ2n) is 4.46. The van der Waals surface area contributed by atoms with Crippen molar-refractivity contribution >= 4 is 22.2 Å². The molecule has 0 aliphatic rings. The summed E-state index contributed by atoms with van der Waals surface area (Å²) in [5, 5.41) is 3.34. The molecule has 0 unspecified atom stereocenters. The maximum atomic E-state index is 10.7. The lowest BCUT2D eigenvalue weighted by molar-refractivity contribution is -0.105. The molecular formula is C11H20BrNO. The van der Waals surface area contributed by atoms with Crippen molar-refractivity contribution < 1.29 is 4.79 Å². The Labute approximate surface area is 95.3 Å². The Kier molecular flexibility index (Phi) is 6.29. The minimum Gasteiger partial charge on any atom is -0.312 e. The molecule has 14 heavy (non-hydrogen) atoms. The zero-order chi connectivity index (χ0) is 11.2. The summed E-state index contributed by atoms with van der Waals surface area (Å²) in [5.74, 6) is 0. The largest absolute Gasteiger partial charge is 0.312 e. The molecule has 0 aliphatic heterocycles. The van der Waals surface area contributed by atoms with Gasteiger partial charge in [0.15, 0.2) is 0 Å². The van der Waals surface area contributed by atoms with Crippen molar-refractivity contribution in [3.8, 4) is 0 Å².